The highest BCUT2D eigenvalue weighted by Gasteiger charge is 2.22. The number of carbonyl (C=O) groups is 1. The zero-order valence-electron chi connectivity index (χ0n) is 14.4. The van der Waals surface area contributed by atoms with Gasteiger partial charge >= 0.3 is 5.97 Å². The Hall–Kier alpha value is -2.24. The van der Waals surface area contributed by atoms with Gasteiger partial charge < -0.3 is 5.11 Å². The van der Waals surface area contributed by atoms with E-state index in [-0.39, 0.29) is 11.9 Å². The van der Waals surface area contributed by atoms with Crippen LogP contribution in [0.15, 0.2) is 48.5 Å². The van der Waals surface area contributed by atoms with Gasteiger partial charge in [-0.2, -0.15) is 0 Å². The Labute approximate surface area is 147 Å². The van der Waals surface area contributed by atoms with Crippen molar-refractivity contribution in [2.24, 2.45) is 0 Å². The summed E-state index contributed by atoms with van der Waals surface area (Å²) in [6, 6.07) is 14.1. The van der Waals surface area contributed by atoms with E-state index in [1.54, 1.807) is 24.3 Å². The standard InChI is InChI=1S/C20H23FN2O2/c1-15(18-3-2-4-19(21)13-18)23-11-9-22(10-12-23)14-16-5-7-17(8-6-16)20(24)25/h2-8,13,15H,9-12,14H2,1H3,(H,24,25). The molecule has 1 fully saturated rings. The second-order valence-corrected chi connectivity index (χ2v) is 6.55. The first-order valence-electron chi connectivity index (χ1n) is 8.57. The van der Waals surface area contributed by atoms with E-state index in [9.17, 15) is 9.18 Å². The molecule has 1 aliphatic rings. The van der Waals surface area contributed by atoms with Crippen molar-refractivity contribution in [2.75, 3.05) is 26.2 Å². The van der Waals surface area contributed by atoms with Crippen molar-refractivity contribution in [3.63, 3.8) is 0 Å². The number of carboxylic acid groups (broad SMARTS) is 1. The van der Waals surface area contributed by atoms with Crippen molar-refractivity contribution in [3.05, 3.63) is 71.0 Å². The summed E-state index contributed by atoms with van der Waals surface area (Å²) in [6.45, 7) is 6.70. The smallest absolute Gasteiger partial charge is 0.335 e. The molecule has 4 nitrogen and oxygen atoms in total. The van der Waals surface area contributed by atoms with Crippen molar-refractivity contribution in [2.45, 2.75) is 19.5 Å². The van der Waals surface area contributed by atoms with Gasteiger partial charge in [-0.25, -0.2) is 9.18 Å². The molecule has 5 heteroatoms. The minimum absolute atomic E-state index is 0.187. The van der Waals surface area contributed by atoms with Gasteiger partial charge in [0.2, 0.25) is 0 Å². The highest BCUT2D eigenvalue weighted by atomic mass is 19.1. The van der Waals surface area contributed by atoms with Crippen molar-refractivity contribution in [1.29, 1.82) is 0 Å². The third-order valence-electron chi connectivity index (χ3n) is 4.89. The van der Waals surface area contributed by atoms with Gasteiger partial charge in [-0.3, -0.25) is 9.80 Å². The van der Waals surface area contributed by atoms with E-state index in [1.807, 2.05) is 18.2 Å². The van der Waals surface area contributed by atoms with Crippen LogP contribution in [0, 0.1) is 5.82 Å². The maximum Gasteiger partial charge on any atom is 0.335 e. The molecule has 132 valence electrons. The molecule has 1 aliphatic heterocycles. The summed E-state index contributed by atoms with van der Waals surface area (Å²) < 4.78 is 13.4. The van der Waals surface area contributed by atoms with Crippen LogP contribution in [0.4, 0.5) is 4.39 Å². The Morgan fingerprint density at radius 2 is 1.80 bits per heavy atom. The number of benzene rings is 2. The highest BCUT2D eigenvalue weighted by Crippen LogP contribution is 2.22. The van der Waals surface area contributed by atoms with Gasteiger partial charge in [-0.1, -0.05) is 24.3 Å². The molecule has 1 heterocycles. The fourth-order valence-corrected chi connectivity index (χ4v) is 3.30. The lowest BCUT2D eigenvalue weighted by atomic mass is 10.1. The van der Waals surface area contributed by atoms with Crippen molar-refractivity contribution < 1.29 is 14.3 Å². The molecule has 0 amide bonds. The van der Waals surface area contributed by atoms with Gasteiger partial charge in [0.05, 0.1) is 5.56 Å². The van der Waals surface area contributed by atoms with Gasteiger partial charge in [0, 0.05) is 38.8 Å². The van der Waals surface area contributed by atoms with Crippen LogP contribution in [-0.4, -0.2) is 47.1 Å². The normalized spacial score (nSPS) is 17.4. The molecule has 1 N–H and O–H groups in total. The van der Waals surface area contributed by atoms with E-state index < -0.39 is 5.97 Å². The molecule has 1 saturated heterocycles. The number of nitrogens with zero attached hydrogens (tertiary/aromatic N) is 2. The molecule has 0 spiro atoms. The molecule has 2 aromatic carbocycles. The second kappa shape index (κ2) is 7.76. The van der Waals surface area contributed by atoms with Gasteiger partial charge in [0.1, 0.15) is 5.82 Å². The lowest BCUT2D eigenvalue weighted by molar-refractivity contribution is 0.0697. The van der Waals surface area contributed by atoms with Gasteiger partial charge in [-0.15, -0.1) is 0 Å². The number of rotatable bonds is 5. The summed E-state index contributed by atoms with van der Waals surface area (Å²) >= 11 is 0. The molecule has 0 saturated carbocycles. The summed E-state index contributed by atoms with van der Waals surface area (Å²) in [4.78, 5) is 15.6. The maximum atomic E-state index is 13.4. The lowest BCUT2D eigenvalue weighted by Gasteiger charge is -2.38. The summed E-state index contributed by atoms with van der Waals surface area (Å²) in [5.74, 6) is -1.08. The average Bonchev–Trinajstić information content (AvgIpc) is 2.62. The van der Waals surface area contributed by atoms with Crippen LogP contribution in [-0.2, 0) is 6.54 Å². The molecule has 2 aromatic rings. The first-order chi connectivity index (χ1) is 12.0. The molecule has 1 unspecified atom stereocenters. The van der Waals surface area contributed by atoms with Crippen LogP contribution in [0.5, 0.6) is 0 Å². The van der Waals surface area contributed by atoms with E-state index in [0.717, 1.165) is 43.9 Å². The van der Waals surface area contributed by atoms with Gasteiger partial charge in [0.15, 0.2) is 0 Å². The molecule has 0 aliphatic carbocycles. The van der Waals surface area contributed by atoms with Gasteiger partial charge in [-0.05, 0) is 42.3 Å². The summed E-state index contributed by atoms with van der Waals surface area (Å²) in [6.07, 6.45) is 0. The molecule has 1 atom stereocenters. The molecule has 3 rings (SSSR count). The number of hydrogen-bond acceptors (Lipinski definition) is 3. The number of hydrogen-bond donors (Lipinski definition) is 1. The quantitative estimate of drug-likeness (QED) is 0.904. The fraction of sp³-hybridized carbons (Fsp3) is 0.350. The average molecular weight is 342 g/mol. The monoisotopic (exact) mass is 342 g/mol. The highest BCUT2D eigenvalue weighted by molar-refractivity contribution is 5.87. The van der Waals surface area contributed by atoms with Crippen molar-refractivity contribution in [1.82, 2.24) is 9.80 Å². The third kappa shape index (κ3) is 4.44. The third-order valence-corrected chi connectivity index (χ3v) is 4.89. The molecular formula is C20H23FN2O2. The zero-order valence-corrected chi connectivity index (χ0v) is 14.4. The largest absolute Gasteiger partial charge is 0.478 e. The molecule has 0 radical (unpaired) electrons. The van der Waals surface area contributed by atoms with Crippen molar-refractivity contribution >= 4 is 5.97 Å². The maximum absolute atomic E-state index is 13.4. The molecule has 0 aromatic heterocycles. The van der Waals surface area contributed by atoms with Crippen LogP contribution < -0.4 is 0 Å². The van der Waals surface area contributed by atoms with E-state index in [4.69, 9.17) is 5.11 Å². The van der Waals surface area contributed by atoms with Crippen LogP contribution in [0.2, 0.25) is 0 Å². The van der Waals surface area contributed by atoms with Crippen molar-refractivity contribution in [3.8, 4) is 0 Å². The van der Waals surface area contributed by atoms with E-state index in [0.29, 0.717) is 5.56 Å². The van der Waals surface area contributed by atoms with E-state index >= 15 is 0 Å². The Balaban J connectivity index is 1.54. The Morgan fingerprint density at radius 1 is 1.12 bits per heavy atom. The predicted molar refractivity (Wildman–Crippen MR) is 95.1 cm³/mol. The summed E-state index contributed by atoms with van der Waals surface area (Å²) in [5, 5.41) is 8.95. The molecular weight excluding hydrogens is 319 g/mol. The van der Waals surface area contributed by atoms with E-state index in [1.165, 1.54) is 6.07 Å². The van der Waals surface area contributed by atoms with Crippen LogP contribution in [0.25, 0.3) is 0 Å². The van der Waals surface area contributed by atoms with Crippen LogP contribution >= 0.6 is 0 Å². The lowest BCUT2D eigenvalue weighted by Crippen LogP contribution is -2.46. The number of piperazine rings is 1. The molecule has 25 heavy (non-hydrogen) atoms. The first kappa shape index (κ1) is 17.6. The Kier molecular flexibility index (Phi) is 5.46. The summed E-state index contributed by atoms with van der Waals surface area (Å²) in [5.41, 5.74) is 2.45. The van der Waals surface area contributed by atoms with Crippen LogP contribution in [0.1, 0.15) is 34.5 Å². The SMILES string of the molecule is CC(c1cccc(F)c1)N1CCN(Cc2ccc(C(=O)O)cc2)CC1. The zero-order chi connectivity index (χ0) is 17.8. The summed E-state index contributed by atoms with van der Waals surface area (Å²) in [7, 11) is 0. The van der Waals surface area contributed by atoms with Gasteiger partial charge in [0.25, 0.3) is 0 Å². The second-order valence-electron chi connectivity index (χ2n) is 6.55. The topological polar surface area (TPSA) is 43.8 Å². The number of halogens is 1. The Morgan fingerprint density at radius 3 is 2.40 bits per heavy atom. The fourth-order valence-electron chi connectivity index (χ4n) is 3.30. The molecule has 0 bridgehead atoms. The van der Waals surface area contributed by atoms with E-state index in [2.05, 4.69) is 16.7 Å². The first-order valence-corrected chi connectivity index (χ1v) is 8.57. The minimum atomic E-state index is -0.897. The Bertz CT molecular complexity index is 725. The number of aromatic carboxylic acids is 1. The van der Waals surface area contributed by atoms with Crippen LogP contribution in [0.3, 0.4) is 0 Å². The predicted octanol–water partition coefficient (Wildman–Crippen LogP) is 3.40. The number of carboxylic acids is 1. The minimum Gasteiger partial charge on any atom is -0.478 e.